The van der Waals surface area contributed by atoms with Crippen LogP contribution in [0.3, 0.4) is 0 Å². The van der Waals surface area contributed by atoms with Crippen molar-refractivity contribution in [3.8, 4) is 0 Å². The molecule has 0 aliphatic heterocycles. The van der Waals surface area contributed by atoms with E-state index in [-0.39, 0.29) is 6.61 Å². The third-order valence-electron chi connectivity index (χ3n) is 4.73. The normalized spacial score (nSPS) is 18.0. The topological polar surface area (TPSA) is 35.5 Å². The summed E-state index contributed by atoms with van der Waals surface area (Å²) >= 11 is 0. The molecule has 0 bridgehead atoms. The van der Waals surface area contributed by atoms with Crippen molar-refractivity contribution in [3.05, 3.63) is 35.9 Å². The average Bonchev–Trinajstić information content (AvgIpc) is 2.56. The van der Waals surface area contributed by atoms with Crippen LogP contribution < -0.4 is 5.32 Å². The Balaban J connectivity index is 1.90. The number of aliphatic hydroxyl groups is 1. The minimum absolute atomic E-state index is 0.270. The highest BCUT2D eigenvalue weighted by molar-refractivity contribution is 5.18. The Hall–Kier alpha value is -0.900. The third-order valence-corrected chi connectivity index (χ3v) is 4.73. The standard InChI is InChI=1S/C18H30N2O/c1-19-18(16-8-4-2-5-9-16)12-13-20(14-15-21)17-10-6-3-7-11-17/h2,4-5,8-9,17-19,21H,3,6-7,10-15H2,1H3. The van der Waals surface area contributed by atoms with E-state index in [9.17, 15) is 5.11 Å². The molecule has 2 rings (SSSR count). The van der Waals surface area contributed by atoms with E-state index in [0.717, 1.165) is 19.5 Å². The van der Waals surface area contributed by atoms with Crippen molar-refractivity contribution in [1.29, 1.82) is 0 Å². The first-order valence-electron chi connectivity index (χ1n) is 8.42. The molecule has 0 radical (unpaired) electrons. The van der Waals surface area contributed by atoms with E-state index in [1.165, 1.54) is 37.7 Å². The summed E-state index contributed by atoms with van der Waals surface area (Å²) in [6, 6.07) is 11.7. The monoisotopic (exact) mass is 290 g/mol. The average molecular weight is 290 g/mol. The van der Waals surface area contributed by atoms with Gasteiger partial charge in [0.15, 0.2) is 0 Å². The van der Waals surface area contributed by atoms with Crippen LogP contribution in [0.2, 0.25) is 0 Å². The van der Waals surface area contributed by atoms with Gasteiger partial charge in [-0.05, 0) is 31.9 Å². The van der Waals surface area contributed by atoms with Crippen molar-refractivity contribution in [3.63, 3.8) is 0 Å². The Morgan fingerprint density at radius 2 is 1.86 bits per heavy atom. The van der Waals surface area contributed by atoms with E-state index < -0.39 is 0 Å². The van der Waals surface area contributed by atoms with Crippen molar-refractivity contribution in [2.45, 2.75) is 50.6 Å². The Morgan fingerprint density at radius 1 is 1.14 bits per heavy atom. The summed E-state index contributed by atoms with van der Waals surface area (Å²) in [5, 5.41) is 12.8. The summed E-state index contributed by atoms with van der Waals surface area (Å²) in [6.45, 7) is 2.15. The molecule has 118 valence electrons. The van der Waals surface area contributed by atoms with Gasteiger partial charge in [-0.15, -0.1) is 0 Å². The van der Waals surface area contributed by atoms with Crippen molar-refractivity contribution >= 4 is 0 Å². The zero-order valence-corrected chi connectivity index (χ0v) is 13.3. The highest BCUT2D eigenvalue weighted by Crippen LogP contribution is 2.24. The molecule has 1 aliphatic carbocycles. The fourth-order valence-electron chi connectivity index (χ4n) is 3.51. The third kappa shape index (κ3) is 5.10. The number of hydrogen-bond donors (Lipinski definition) is 2. The summed E-state index contributed by atoms with van der Waals surface area (Å²) in [5.41, 5.74) is 1.35. The smallest absolute Gasteiger partial charge is 0.0558 e. The summed E-state index contributed by atoms with van der Waals surface area (Å²) < 4.78 is 0. The fraction of sp³-hybridized carbons (Fsp3) is 0.667. The van der Waals surface area contributed by atoms with Crippen LogP contribution in [-0.4, -0.2) is 42.8 Å². The van der Waals surface area contributed by atoms with E-state index in [4.69, 9.17) is 0 Å². The summed E-state index contributed by atoms with van der Waals surface area (Å²) in [5.74, 6) is 0. The predicted molar refractivity (Wildman–Crippen MR) is 88.4 cm³/mol. The maximum absolute atomic E-state index is 9.35. The molecule has 3 nitrogen and oxygen atoms in total. The van der Waals surface area contributed by atoms with Gasteiger partial charge >= 0.3 is 0 Å². The van der Waals surface area contributed by atoms with Gasteiger partial charge in [-0.2, -0.15) is 0 Å². The number of nitrogens with one attached hydrogen (secondary N) is 1. The lowest BCUT2D eigenvalue weighted by molar-refractivity contribution is 0.119. The predicted octanol–water partition coefficient (Wildman–Crippen LogP) is 2.96. The molecule has 21 heavy (non-hydrogen) atoms. The van der Waals surface area contributed by atoms with Gasteiger partial charge in [0, 0.05) is 25.2 Å². The van der Waals surface area contributed by atoms with Crippen LogP contribution in [0, 0.1) is 0 Å². The largest absolute Gasteiger partial charge is 0.395 e. The zero-order chi connectivity index (χ0) is 14.9. The molecule has 1 unspecified atom stereocenters. The molecule has 0 heterocycles. The Bertz CT molecular complexity index is 376. The zero-order valence-electron chi connectivity index (χ0n) is 13.3. The highest BCUT2D eigenvalue weighted by Gasteiger charge is 2.21. The Labute approximate surface area is 129 Å². The van der Waals surface area contributed by atoms with Gasteiger partial charge in [0.1, 0.15) is 0 Å². The summed E-state index contributed by atoms with van der Waals surface area (Å²) in [4.78, 5) is 2.51. The molecule has 1 atom stereocenters. The second kappa shape index (κ2) is 9.19. The molecule has 1 aromatic rings. The summed E-state index contributed by atoms with van der Waals surface area (Å²) in [7, 11) is 2.04. The lowest BCUT2D eigenvalue weighted by Gasteiger charge is -2.35. The van der Waals surface area contributed by atoms with Crippen LogP contribution in [-0.2, 0) is 0 Å². The van der Waals surface area contributed by atoms with E-state index in [1.54, 1.807) is 0 Å². The SMILES string of the molecule is CNC(CCN(CCO)C1CCCCC1)c1ccccc1. The number of rotatable bonds is 8. The molecule has 0 saturated heterocycles. The van der Waals surface area contributed by atoms with E-state index in [1.807, 2.05) is 7.05 Å². The molecule has 0 spiro atoms. The van der Waals surface area contributed by atoms with Crippen molar-refractivity contribution in [1.82, 2.24) is 10.2 Å². The van der Waals surface area contributed by atoms with E-state index >= 15 is 0 Å². The van der Waals surface area contributed by atoms with E-state index in [2.05, 4.69) is 40.5 Å². The maximum atomic E-state index is 9.35. The molecule has 1 aliphatic rings. The van der Waals surface area contributed by atoms with Gasteiger partial charge in [-0.1, -0.05) is 49.6 Å². The molecule has 1 fully saturated rings. The number of nitrogens with zero attached hydrogens (tertiary/aromatic N) is 1. The second-order valence-electron chi connectivity index (χ2n) is 6.09. The molecule has 0 aromatic heterocycles. The first-order valence-corrected chi connectivity index (χ1v) is 8.42. The number of aliphatic hydroxyl groups excluding tert-OH is 1. The number of hydrogen-bond acceptors (Lipinski definition) is 3. The van der Waals surface area contributed by atoms with Gasteiger partial charge in [0.05, 0.1) is 6.61 Å². The van der Waals surface area contributed by atoms with Crippen LogP contribution in [0.4, 0.5) is 0 Å². The Kier molecular flexibility index (Phi) is 7.20. The van der Waals surface area contributed by atoms with Gasteiger partial charge in [0.2, 0.25) is 0 Å². The van der Waals surface area contributed by atoms with Gasteiger partial charge in [-0.25, -0.2) is 0 Å². The minimum Gasteiger partial charge on any atom is -0.395 e. The van der Waals surface area contributed by atoms with Crippen LogP contribution in [0.15, 0.2) is 30.3 Å². The lowest BCUT2D eigenvalue weighted by atomic mass is 9.93. The fourth-order valence-corrected chi connectivity index (χ4v) is 3.51. The highest BCUT2D eigenvalue weighted by atomic mass is 16.3. The molecule has 1 aromatic carbocycles. The van der Waals surface area contributed by atoms with Crippen LogP contribution in [0.1, 0.15) is 50.1 Å². The molecule has 3 heteroatoms. The summed E-state index contributed by atoms with van der Waals surface area (Å²) in [6.07, 6.45) is 7.77. The molecular formula is C18H30N2O. The quantitative estimate of drug-likeness (QED) is 0.772. The first kappa shape index (κ1) is 16.5. The van der Waals surface area contributed by atoms with Crippen molar-refractivity contribution < 1.29 is 5.11 Å². The van der Waals surface area contributed by atoms with Gasteiger partial charge in [-0.3, -0.25) is 4.90 Å². The molecule has 2 N–H and O–H groups in total. The van der Waals surface area contributed by atoms with E-state index in [0.29, 0.717) is 12.1 Å². The van der Waals surface area contributed by atoms with Gasteiger partial charge < -0.3 is 10.4 Å². The maximum Gasteiger partial charge on any atom is 0.0558 e. The van der Waals surface area contributed by atoms with Gasteiger partial charge in [0.25, 0.3) is 0 Å². The second-order valence-corrected chi connectivity index (χ2v) is 6.09. The van der Waals surface area contributed by atoms with Crippen molar-refractivity contribution in [2.75, 3.05) is 26.7 Å². The minimum atomic E-state index is 0.270. The molecular weight excluding hydrogens is 260 g/mol. The molecule has 1 saturated carbocycles. The van der Waals surface area contributed by atoms with Crippen LogP contribution >= 0.6 is 0 Å². The van der Waals surface area contributed by atoms with Crippen molar-refractivity contribution in [2.24, 2.45) is 0 Å². The lowest BCUT2D eigenvalue weighted by Crippen LogP contribution is -2.40. The Morgan fingerprint density at radius 3 is 2.48 bits per heavy atom. The molecule has 0 amide bonds. The van der Waals surface area contributed by atoms with Crippen LogP contribution in [0.5, 0.6) is 0 Å². The number of benzene rings is 1. The van der Waals surface area contributed by atoms with Crippen LogP contribution in [0.25, 0.3) is 0 Å². The first-order chi connectivity index (χ1) is 10.3.